The van der Waals surface area contributed by atoms with Gasteiger partial charge in [0.05, 0.1) is 18.8 Å². The molecule has 1 aromatic carbocycles. The Bertz CT molecular complexity index is 519. The zero-order chi connectivity index (χ0) is 15.1. The first-order valence-corrected chi connectivity index (χ1v) is 7.28. The quantitative estimate of drug-likeness (QED) is 0.856. The third-order valence-electron chi connectivity index (χ3n) is 3.77. The van der Waals surface area contributed by atoms with Gasteiger partial charge in [-0.15, -0.1) is 0 Å². The molecule has 0 radical (unpaired) electrons. The molecule has 1 unspecified atom stereocenters. The van der Waals surface area contributed by atoms with Crippen molar-refractivity contribution in [2.75, 3.05) is 33.9 Å². The zero-order valence-electron chi connectivity index (χ0n) is 12.8. The minimum Gasteiger partial charge on any atom is -0.495 e. The maximum Gasteiger partial charge on any atom is 0.134 e. The second-order valence-electron chi connectivity index (χ2n) is 5.23. The van der Waals surface area contributed by atoms with Gasteiger partial charge < -0.3 is 14.6 Å². The highest BCUT2D eigenvalue weighted by Crippen LogP contribution is 2.21. The van der Waals surface area contributed by atoms with Crippen LogP contribution in [-0.2, 0) is 11.3 Å². The van der Waals surface area contributed by atoms with E-state index in [9.17, 15) is 0 Å². The maximum atomic E-state index is 8.84. The molecule has 1 aromatic rings. The molecule has 4 nitrogen and oxygen atoms in total. The summed E-state index contributed by atoms with van der Waals surface area (Å²) in [6.07, 6.45) is 2.65. The minimum atomic E-state index is -0.144. The molecule has 0 spiro atoms. The van der Waals surface area contributed by atoms with Crippen LogP contribution in [0, 0.1) is 11.8 Å². The third-order valence-corrected chi connectivity index (χ3v) is 3.77. The number of aliphatic hydroxyl groups excluding tert-OH is 1. The van der Waals surface area contributed by atoms with Gasteiger partial charge in [0.15, 0.2) is 0 Å². The van der Waals surface area contributed by atoms with E-state index in [-0.39, 0.29) is 6.61 Å². The van der Waals surface area contributed by atoms with Crippen LogP contribution in [0.3, 0.4) is 0 Å². The lowest BCUT2D eigenvalue weighted by molar-refractivity contribution is 0.0285. The largest absolute Gasteiger partial charge is 0.495 e. The molecule has 1 saturated heterocycles. The monoisotopic (exact) mass is 289 g/mol. The first-order chi connectivity index (χ1) is 10.3. The number of ether oxygens (including phenoxy) is 2. The summed E-state index contributed by atoms with van der Waals surface area (Å²) in [5.74, 6) is 6.37. The second kappa shape index (κ2) is 8.04. The van der Waals surface area contributed by atoms with Crippen molar-refractivity contribution < 1.29 is 14.6 Å². The van der Waals surface area contributed by atoms with Crippen LogP contribution >= 0.6 is 0 Å². The van der Waals surface area contributed by atoms with Crippen molar-refractivity contribution in [3.8, 4) is 17.6 Å². The minimum absolute atomic E-state index is 0.144. The number of methoxy groups -OCH3 is 2. The SMILES string of the molecule is COc1ccc(CN2CCCC(OC)C2)cc1C#CCO. The van der Waals surface area contributed by atoms with Crippen LogP contribution in [0.15, 0.2) is 18.2 Å². The lowest BCUT2D eigenvalue weighted by Crippen LogP contribution is -2.38. The van der Waals surface area contributed by atoms with Crippen molar-refractivity contribution in [3.05, 3.63) is 29.3 Å². The van der Waals surface area contributed by atoms with Gasteiger partial charge in [-0.05, 0) is 37.1 Å². The predicted molar refractivity (Wildman–Crippen MR) is 82.3 cm³/mol. The summed E-state index contributed by atoms with van der Waals surface area (Å²) in [4.78, 5) is 2.41. The Morgan fingerprint density at radius 1 is 1.38 bits per heavy atom. The van der Waals surface area contributed by atoms with Gasteiger partial charge in [-0.1, -0.05) is 17.9 Å². The molecule has 0 bridgehead atoms. The zero-order valence-corrected chi connectivity index (χ0v) is 12.8. The van der Waals surface area contributed by atoms with Gasteiger partial charge in [0, 0.05) is 20.2 Å². The van der Waals surface area contributed by atoms with E-state index in [1.54, 1.807) is 14.2 Å². The number of aliphatic hydroxyl groups is 1. The highest BCUT2D eigenvalue weighted by atomic mass is 16.5. The lowest BCUT2D eigenvalue weighted by Gasteiger charge is -2.31. The summed E-state index contributed by atoms with van der Waals surface area (Å²) < 4.78 is 10.8. The van der Waals surface area contributed by atoms with Gasteiger partial charge in [0.1, 0.15) is 12.4 Å². The molecule has 1 heterocycles. The number of hydrogen-bond acceptors (Lipinski definition) is 4. The molecule has 1 fully saturated rings. The molecular formula is C17H23NO3. The summed E-state index contributed by atoms with van der Waals surface area (Å²) in [6.45, 7) is 2.82. The van der Waals surface area contributed by atoms with Crippen LogP contribution in [0.5, 0.6) is 5.75 Å². The molecule has 1 aliphatic rings. The molecule has 0 aliphatic carbocycles. The molecule has 4 heteroatoms. The number of piperidine rings is 1. The van der Waals surface area contributed by atoms with Crippen LogP contribution in [0.25, 0.3) is 0 Å². The third kappa shape index (κ3) is 4.47. The van der Waals surface area contributed by atoms with E-state index >= 15 is 0 Å². The maximum absolute atomic E-state index is 8.84. The summed E-state index contributed by atoms with van der Waals surface area (Å²) >= 11 is 0. The summed E-state index contributed by atoms with van der Waals surface area (Å²) in [5, 5.41) is 8.84. The summed E-state index contributed by atoms with van der Waals surface area (Å²) in [7, 11) is 3.41. The molecule has 0 aromatic heterocycles. The number of hydrogen-bond donors (Lipinski definition) is 1. The molecule has 0 saturated carbocycles. The van der Waals surface area contributed by atoms with Gasteiger partial charge >= 0.3 is 0 Å². The molecular weight excluding hydrogens is 266 g/mol. The second-order valence-corrected chi connectivity index (χ2v) is 5.23. The number of benzene rings is 1. The van der Waals surface area contributed by atoms with Crippen LogP contribution in [0.1, 0.15) is 24.0 Å². The average Bonchev–Trinajstić information content (AvgIpc) is 2.53. The van der Waals surface area contributed by atoms with Crippen LogP contribution in [0.2, 0.25) is 0 Å². The molecule has 1 N–H and O–H groups in total. The molecule has 21 heavy (non-hydrogen) atoms. The number of nitrogens with zero attached hydrogens (tertiary/aromatic N) is 1. The van der Waals surface area contributed by atoms with Crippen molar-refractivity contribution in [1.29, 1.82) is 0 Å². The van der Waals surface area contributed by atoms with E-state index in [0.717, 1.165) is 37.4 Å². The van der Waals surface area contributed by atoms with E-state index in [1.807, 2.05) is 12.1 Å². The Morgan fingerprint density at radius 3 is 2.95 bits per heavy atom. The Morgan fingerprint density at radius 2 is 2.24 bits per heavy atom. The van der Waals surface area contributed by atoms with Gasteiger partial charge in [-0.2, -0.15) is 0 Å². The molecule has 1 atom stereocenters. The van der Waals surface area contributed by atoms with E-state index in [2.05, 4.69) is 22.8 Å². The molecule has 2 rings (SSSR count). The first-order valence-electron chi connectivity index (χ1n) is 7.28. The standard InChI is InChI=1S/C17H23NO3/c1-20-16-6-3-9-18(13-16)12-14-7-8-17(21-2)15(11-14)5-4-10-19/h7-8,11,16,19H,3,6,9-10,12-13H2,1-2H3. The Labute approximate surface area is 126 Å². The van der Waals surface area contributed by atoms with Gasteiger partial charge in [0.2, 0.25) is 0 Å². The van der Waals surface area contributed by atoms with Crippen molar-refractivity contribution in [3.63, 3.8) is 0 Å². The predicted octanol–water partition coefficient (Wildman–Crippen LogP) is 1.65. The average molecular weight is 289 g/mol. The summed E-state index contributed by atoms with van der Waals surface area (Å²) in [6, 6.07) is 6.05. The van der Waals surface area contributed by atoms with Gasteiger partial charge in [0.25, 0.3) is 0 Å². The van der Waals surface area contributed by atoms with E-state index in [0.29, 0.717) is 6.10 Å². The van der Waals surface area contributed by atoms with Crippen molar-refractivity contribution in [2.45, 2.75) is 25.5 Å². The fourth-order valence-corrected chi connectivity index (χ4v) is 2.69. The summed E-state index contributed by atoms with van der Waals surface area (Å²) in [5.41, 5.74) is 2.03. The van der Waals surface area contributed by atoms with Crippen LogP contribution < -0.4 is 4.74 Å². The van der Waals surface area contributed by atoms with E-state index in [4.69, 9.17) is 14.6 Å². The first kappa shape index (κ1) is 15.8. The van der Waals surface area contributed by atoms with Crippen LogP contribution in [-0.4, -0.2) is 50.0 Å². The van der Waals surface area contributed by atoms with Gasteiger partial charge in [-0.3, -0.25) is 4.90 Å². The highest BCUT2D eigenvalue weighted by molar-refractivity contribution is 5.48. The lowest BCUT2D eigenvalue weighted by atomic mass is 10.1. The van der Waals surface area contributed by atoms with Crippen molar-refractivity contribution in [2.24, 2.45) is 0 Å². The van der Waals surface area contributed by atoms with E-state index < -0.39 is 0 Å². The normalized spacial score (nSPS) is 18.9. The Hall–Kier alpha value is -1.54. The Balaban J connectivity index is 2.09. The smallest absolute Gasteiger partial charge is 0.134 e. The fraction of sp³-hybridized carbons (Fsp3) is 0.529. The number of likely N-dealkylation sites (tertiary alicyclic amines) is 1. The Kier molecular flexibility index (Phi) is 6.06. The van der Waals surface area contributed by atoms with Crippen molar-refractivity contribution in [1.82, 2.24) is 4.90 Å². The topological polar surface area (TPSA) is 41.9 Å². The van der Waals surface area contributed by atoms with Crippen molar-refractivity contribution >= 4 is 0 Å². The molecule has 114 valence electrons. The highest BCUT2D eigenvalue weighted by Gasteiger charge is 2.19. The van der Waals surface area contributed by atoms with Crippen LogP contribution in [0.4, 0.5) is 0 Å². The molecule has 1 aliphatic heterocycles. The number of rotatable bonds is 4. The fourth-order valence-electron chi connectivity index (χ4n) is 2.69. The van der Waals surface area contributed by atoms with Gasteiger partial charge in [-0.25, -0.2) is 0 Å². The van der Waals surface area contributed by atoms with E-state index in [1.165, 1.54) is 12.0 Å². The molecule has 0 amide bonds.